The highest BCUT2D eigenvalue weighted by atomic mass is 16.5. The van der Waals surface area contributed by atoms with Gasteiger partial charge in [0.1, 0.15) is 12.4 Å². The zero-order valence-corrected chi connectivity index (χ0v) is 11.9. The van der Waals surface area contributed by atoms with Gasteiger partial charge in [-0.25, -0.2) is 4.79 Å². The van der Waals surface area contributed by atoms with Gasteiger partial charge in [0.05, 0.1) is 11.3 Å². The molecule has 0 atom stereocenters. The number of hydrogen-bond acceptors (Lipinski definition) is 4. The maximum atomic E-state index is 10.7. The summed E-state index contributed by atoms with van der Waals surface area (Å²) in [5.41, 5.74) is 2.26. The second-order valence-electron chi connectivity index (χ2n) is 4.63. The molecule has 0 aliphatic heterocycles. The number of carboxylic acids is 1. The molecule has 0 aliphatic carbocycles. The van der Waals surface area contributed by atoms with E-state index in [1.807, 2.05) is 25.1 Å². The van der Waals surface area contributed by atoms with Crippen LogP contribution in [0.5, 0.6) is 5.75 Å². The molecule has 0 bridgehead atoms. The van der Waals surface area contributed by atoms with Crippen LogP contribution in [0.25, 0.3) is 0 Å². The Morgan fingerprint density at radius 1 is 1.24 bits per heavy atom. The summed E-state index contributed by atoms with van der Waals surface area (Å²) >= 11 is 0. The van der Waals surface area contributed by atoms with E-state index in [-0.39, 0.29) is 5.56 Å². The lowest BCUT2D eigenvalue weighted by molar-refractivity contribution is 0.0697. The Hall–Kier alpha value is -2.40. The molecule has 0 aliphatic rings. The number of aromatic carboxylic acids is 1. The topological polar surface area (TPSA) is 71.5 Å². The Bertz CT molecular complexity index is 597. The Morgan fingerprint density at radius 3 is 2.67 bits per heavy atom. The Labute approximate surface area is 123 Å². The van der Waals surface area contributed by atoms with E-state index in [1.54, 1.807) is 12.1 Å². The van der Waals surface area contributed by atoms with Crippen LogP contribution < -0.4 is 10.1 Å². The first kappa shape index (κ1) is 15.0. The van der Waals surface area contributed by atoms with E-state index in [1.165, 1.54) is 12.1 Å². The number of pyridine rings is 1. The maximum absolute atomic E-state index is 10.7. The highest BCUT2D eigenvalue weighted by Gasteiger charge is 2.02. The number of nitrogens with zero attached hydrogens (tertiary/aromatic N) is 1. The Morgan fingerprint density at radius 2 is 2.00 bits per heavy atom. The average Bonchev–Trinajstić information content (AvgIpc) is 2.47. The van der Waals surface area contributed by atoms with Crippen molar-refractivity contribution in [3.8, 4) is 5.75 Å². The summed E-state index contributed by atoms with van der Waals surface area (Å²) in [5, 5.41) is 12.0. The summed E-state index contributed by atoms with van der Waals surface area (Å²) in [5.74, 6) is -0.274. The van der Waals surface area contributed by atoms with Crippen LogP contribution in [0.4, 0.5) is 0 Å². The number of benzene rings is 1. The smallest absolute Gasteiger partial charge is 0.335 e. The molecule has 0 fully saturated rings. The molecule has 5 heteroatoms. The predicted octanol–water partition coefficient (Wildman–Crippen LogP) is 2.26. The van der Waals surface area contributed by atoms with Crippen LogP contribution in [-0.4, -0.2) is 29.2 Å². The molecule has 0 spiro atoms. The van der Waals surface area contributed by atoms with Gasteiger partial charge < -0.3 is 15.2 Å². The molecular formula is C16H18N2O3. The molecule has 1 heterocycles. The van der Waals surface area contributed by atoms with Crippen molar-refractivity contribution in [2.45, 2.75) is 13.5 Å². The maximum Gasteiger partial charge on any atom is 0.335 e. The molecule has 1 aromatic carbocycles. The number of carbonyl (C=O) groups is 1. The normalized spacial score (nSPS) is 10.3. The lowest BCUT2D eigenvalue weighted by Gasteiger charge is -2.08. The minimum atomic E-state index is -0.936. The van der Waals surface area contributed by atoms with Gasteiger partial charge >= 0.3 is 5.97 Å². The van der Waals surface area contributed by atoms with E-state index >= 15 is 0 Å². The van der Waals surface area contributed by atoms with Crippen molar-refractivity contribution in [1.82, 2.24) is 10.3 Å². The largest absolute Gasteiger partial charge is 0.492 e. The summed E-state index contributed by atoms with van der Waals surface area (Å²) in [6, 6.07) is 12.3. The minimum Gasteiger partial charge on any atom is -0.492 e. The molecule has 110 valence electrons. The fraction of sp³-hybridized carbons (Fsp3) is 0.250. The van der Waals surface area contributed by atoms with Crippen molar-refractivity contribution in [2.75, 3.05) is 13.2 Å². The van der Waals surface area contributed by atoms with Crippen molar-refractivity contribution < 1.29 is 14.6 Å². The first-order chi connectivity index (χ1) is 10.1. The lowest BCUT2D eigenvalue weighted by atomic mass is 10.2. The number of hydrogen-bond donors (Lipinski definition) is 2. The van der Waals surface area contributed by atoms with Crippen LogP contribution in [0.2, 0.25) is 0 Å². The molecule has 2 N–H and O–H groups in total. The van der Waals surface area contributed by atoms with Crippen LogP contribution in [0.15, 0.2) is 42.5 Å². The lowest BCUT2D eigenvalue weighted by Crippen LogP contribution is -2.21. The van der Waals surface area contributed by atoms with Crippen LogP contribution >= 0.6 is 0 Å². The van der Waals surface area contributed by atoms with Crippen molar-refractivity contribution in [3.05, 3.63) is 59.4 Å². The predicted molar refractivity (Wildman–Crippen MR) is 79.6 cm³/mol. The van der Waals surface area contributed by atoms with E-state index in [9.17, 15) is 4.79 Å². The molecular weight excluding hydrogens is 268 g/mol. The minimum absolute atomic E-state index is 0.256. The molecule has 2 aromatic rings. The van der Waals surface area contributed by atoms with Gasteiger partial charge in [0.2, 0.25) is 0 Å². The highest BCUT2D eigenvalue weighted by molar-refractivity contribution is 5.87. The van der Waals surface area contributed by atoms with E-state index in [2.05, 4.69) is 10.3 Å². The van der Waals surface area contributed by atoms with Gasteiger partial charge in [-0.2, -0.15) is 0 Å². The SMILES string of the molecule is Cc1cccc(CNCCOc2ccc(C(=O)O)cc2)n1. The van der Waals surface area contributed by atoms with Gasteiger partial charge in [0, 0.05) is 18.8 Å². The number of rotatable bonds is 7. The van der Waals surface area contributed by atoms with E-state index in [0.29, 0.717) is 25.4 Å². The van der Waals surface area contributed by atoms with Gasteiger partial charge in [0.15, 0.2) is 0 Å². The number of aromatic nitrogens is 1. The van der Waals surface area contributed by atoms with E-state index < -0.39 is 5.97 Å². The average molecular weight is 286 g/mol. The summed E-state index contributed by atoms with van der Waals surface area (Å²) in [6.45, 7) is 3.87. The number of nitrogens with one attached hydrogen (secondary N) is 1. The fourth-order valence-electron chi connectivity index (χ4n) is 1.85. The third kappa shape index (κ3) is 4.89. The molecule has 1 aromatic heterocycles. The number of carboxylic acid groups (broad SMARTS) is 1. The van der Waals surface area contributed by atoms with Crippen molar-refractivity contribution in [3.63, 3.8) is 0 Å². The van der Waals surface area contributed by atoms with Gasteiger partial charge in [-0.15, -0.1) is 0 Å². The van der Waals surface area contributed by atoms with E-state index in [0.717, 1.165) is 11.4 Å². The van der Waals surface area contributed by atoms with Crippen LogP contribution in [0.3, 0.4) is 0 Å². The van der Waals surface area contributed by atoms with Gasteiger partial charge in [0.25, 0.3) is 0 Å². The standard InChI is InChI=1S/C16H18N2O3/c1-12-3-2-4-14(18-12)11-17-9-10-21-15-7-5-13(6-8-15)16(19)20/h2-8,17H,9-11H2,1H3,(H,19,20). The summed E-state index contributed by atoms with van der Waals surface area (Å²) < 4.78 is 5.53. The zero-order valence-electron chi connectivity index (χ0n) is 11.9. The molecule has 0 amide bonds. The summed E-state index contributed by atoms with van der Waals surface area (Å²) in [6.07, 6.45) is 0. The molecule has 2 rings (SSSR count). The van der Waals surface area contributed by atoms with Gasteiger partial charge in [-0.05, 0) is 43.3 Å². The second kappa shape index (κ2) is 7.40. The van der Waals surface area contributed by atoms with Gasteiger partial charge in [-0.3, -0.25) is 4.98 Å². The van der Waals surface area contributed by atoms with Crippen molar-refractivity contribution in [2.24, 2.45) is 0 Å². The molecule has 0 radical (unpaired) electrons. The number of ether oxygens (including phenoxy) is 1. The first-order valence-corrected chi connectivity index (χ1v) is 6.74. The molecule has 0 saturated heterocycles. The molecule has 5 nitrogen and oxygen atoms in total. The molecule has 0 saturated carbocycles. The third-order valence-electron chi connectivity index (χ3n) is 2.90. The summed E-state index contributed by atoms with van der Waals surface area (Å²) in [7, 11) is 0. The zero-order chi connectivity index (χ0) is 15.1. The van der Waals surface area contributed by atoms with Crippen LogP contribution in [-0.2, 0) is 6.54 Å². The molecule has 0 unspecified atom stereocenters. The quantitative estimate of drug-likeness (QED) is 0.764. The van der Waals surface area contributed by atoms with Crippen molar-refractivity contribution >= 4 is 5.97 Å². The Kier molecular flexibility index (Phi) is 5.29. The molecule has 21 heavy (non-hydrogen) atoms. The van der Waals surface area contributed by atoms with Crippen molar-refractivity contribution in [1.29, 1.82) is 0 Å². The summed E-state index contributed by atoms with van der Waals surface area (Å²) in [4.78, 5) is 15.1. The van der Waals surface area contributed by atoms with Gasteiger partial charge in [-0.1, -0.05) is 6.07 Å². The third-order valence-corrected chi connectivity index (χ3v) is 2.90. The highest BCUT2D eigenvalue weighted by Crippen LogP contribution is 2.11. The van der Waals surface area contributed by atoms with E-state index in [4.69, 9.17) is 9.84 Å². The number of aryl methyl sites for hydroxylation is 1. The second-order valence-corrected chi connectivity index (χ2v) is 4.63. The van der Waals surface area contributed by atoms with Crippen LogP contribution in [0.1, 0.15) is 21.7 Å². The fourth-order valence-corrected chi connectivity index (χ4v) is 1.85. The Balaban J connectivity index is 1.69. The monoisotopic (exact) mass is 286 g/mol. The van der Waals surface area contributed by atoms with Crippen LogP contribution in [0, 0.1) is 6.92 Å². The first-order valence-electron chi connectivity index (χ1n) is 6.74.